The van der Waals surface area contributed by atoms with E-state index >= 15 is 0 Å². The van der Waals surface area contributed by atoms with Gasteiger partial charge in [0.15, 0.2) is 9.84 Å². The molecule has 1 aliphatic rings. The Labute approximate surface area is 147 Å². The van der Waals surface area contributed by atoms with E-state index in [9.17, 15) is 13.2 Å². The van der Waals surface area contributed by atoms with E-state index in [2.05, 4.69) is 10.3 Å². The molecule has 7 heteroatoms. The van der Waals surface area contributed by atoms with Crippen LogP contribution in [0.25, 0.3) is 0 Å². The van der Waals surface area contributed by atoms with Crippen LogP contribution in [0.5, 0.6) is 0 Å². The van der Waals surface area contributed by atoms with Gasteiger partial charge in [-0.3, -0.25) is 4.98 Å². The number of benzene rings is 1. The van der Waals surface area contributed by atoms with Gasteiger partial charge < -0.3 is 10.2 Å². The maximum atomic E-state index is 12.6. The zero-order chi connectivity index (χ0) is 17.7. The van der Waals surface area contributed by atoms with Crippen molar-refractivity contribution >= 4 is 15.9 Å². The number of rotatable bonds is 5. The topological polar surface area (TPSA) is 79.4 Å². The molecule has 0 radical (unpaired) electrons. The summed E-state index contributed by atoms with van der Waals surface area (Å²) in [5.74, 6) is 0. The number of carbonyl (C=O) groups excluding carboxylic acids is 1. The van der Waals surface area contributed by atoms with Crippen molar-refractivity contribution in [2.24, 2.45) is 0 Å². The summed E-state index contributed by atoms with van der Waals surface area (Å²) in [6.07, 6.45) is 4.62. The molecule has 6 nitrogen and oxygen atoms in total. The van der Waals surface area contributed by atoms with Crippen LogP contribution in [-0.4, -0.2) is 49.2 Å². The van der Waals surface area contributed by atoms with Crippen molar-refractivity contribution in [3.05, 3.63) is 60.4 Å². The Kier molecular flexibility index (Phi) is 5.33. The van der Waals surface area contributed by atoms with Crippen molar-refractivity contribution in [3.8, 4) is 0 Å². The Hall–Kier alpha value is -2.41. The number of hydrogen-bond acceptors (Lipinski definition) is 4. The predicted molar refractivity (Wildman–Crippen MR) is 94.9 cm³/mol. The second kappa shape index (κ2) is 7.65. The summed E-state index contributed by atoms with van der Waals surface area (Å²) < 4.78 is 25.3. The minimum absolute atomic E-state index is 0.209. The molecule has 132 valence electrons. The largest absolute Gasteiger partial charge is 0.338 e. The summed E-state index contributed by atoms with van der Waals surface area (Å²) in [6, 6.07) is 12.0. The second-order valence-corrected chi connectivity index (χ2v) is 8.28. The maximum Gasteiger partial charge on any atom is 0.317 e. The highest BCUT2D eigenvalue weighted by Crippen LogP contribution is 2.23. The minimum Gasteiger partial charge on any atom is -0.338 e. The van der Waals surface area contributed by atoms with Crippen LogP contribution in [0.15, 0.2) is 59.8 Å². The van der Waals surface area contributed by atoms with Crippen molar-refractivity contribution in [3.63, 3.8) is 0 Å². The SMILES string of the molecule is O=C(NCCc1ccncc1)N1CCC(S(=O)(=O)c2ccccc2)C1. The first-order valence-corrected chi connectivity index (χ1v) is 9.82. The number of nitrogens with one attached hydrogen (secondary N) is 1. The lowest BCUT2D eigenvalue weighted by Crippen LogP contribution is -2.40. The number of carbonyl (C=O) groups is 1. The summed E-state index contributed by atoms with van der Waals surface area (Å²) in [5, 5.41) is 2.32. The summed E-state index contributed by atoms with van der Waals surface area (Å²) in [7, 11) is -3.40. The van der Waals surface area contributed by atoms with Crippen LogP contribution in [0.2, 0.25) is 0 Å². The van der Waals surface area contributed by atoms with Gasteiger partial charge in [0.1, 0.15) is 0 Å². The molecule has 1 aromatic heterocycles. The van der Waals surface area contributed by atoms with Gasteiger partial charge in [0.25, 0.3) is 0 Å². The highest BCUT2D eigenvalue weighted by atomic mass is 32.2. The molecule has 0 spiro atoms. The molecule has 1 fully saturated rings. The first kappa shape index (κ1) is 17.4. The number of hydrogen-bond donors (Lipinski definition) is 1. The Morgan fingerprint density at radius 2 is 1.88 bits per heavy atom. The van der Waals surface area contributed by atoms with Crippen LogP contribution < -0.4 is 5.32 Å². The van der Waals surface area contributed by atoms with Gasteiger partial charge in [0.05, 0.1) is 10.1 Å². The predicted octanol–water partition coefficient (Wildman–Crippen LogP) is 1.88. The van der Waals surface area contributed by atoms with E-state index in [4.69, 9.17) is 0 Å². The third kappa shape index (κ3) is 4.17. The molecule has 1 aromatic carbocycles. The van der Waals surface area contributed by atoms with Gasteiger partial charge in [-0.05, 0) is 42.7 Å². The molecule has 1 unspecified atom stereocenters. The van der Waals surface area contributed by atoms with Gasteiger partial charge in [-0.1, -0.05) is 18.2 Å². The summed E-state index contributed by atoms with van der Waals surface area (Å²) in [5.41, 5.74) is 1.10. The van der Waals surface area contributed by atoms with Gasteiger partial charge in [0.2, 0.25) is 0 Å². The number of nitrogens with zero attached hydrogens (tertiary/aromatic N) is 2. The fourth-order valence-electron chi connectivity index (χ4n) is 2.94. The molecule has 0 aliphatic carbocycles. The lowest BCUT2D eigenvalue weighted by Gasteiger charge is -2.17. The summed E-state index contributed by atoms with van der Waals surface area (Å²) >= 11 is 0. The smallest absolute Gasteiger partial charge is 0.317 e. The monoisotopic (exact) mass is 359 g/mol. The number of amides is 2. The van der Waals surface area contributed by atoms with Gasteiger partial charge in [-0.2, -0.15) is 0 Å². The zero-order valence-electron chi connectivity index (χ0n) is 13.8. The van der Waals surface area contributed by atoms with E-state index < -0.39 is 15.1 Å². The average molecular weight is 359 g/mol. The molecule has 1 atom stereocenters. The van der Waals surface area contributed by atoms with Gasteiger partial charge in [-0.15, -0.1) is 0 Å². The van der Waals surface area contributed by atoms with Gasteiger partial charge in [0, 0.05) is 32.0 Å². The van der Waals surface area contributed by atoms with Crippen molar-refractivity contribution in [2.45, 2.75) is 23.0 Å². The Morgan fingerprint density at radius 1 is 1.16 bits per heavy atom. The van der Waals surface area contributed by atoms with E-state index in [1.54, 1.807) is 47.6 Å². The lowest BCUT2D eigenvalue weighted by molar-refractivity contribution is 0.209. The first-order chi connectivity index (χ1) is 12.1. The standard InChI is InChI=1S/C18H21N3O3S/c22-18(20-12-8-15-6-10-19-11-7-15)21-13-9-17(14-21)25(23,24)16-4-2-1-3-5-16/h1-7,10-11,17H,8-9,12-14H2,(H,20,22). The number of urea groups is 1. The van der Waals surface area contributed by atoms with Crippen LogP contribution in [0, 0.1) is 0 Å². The van der Waals surface area contributed by atoms with Crippen LogP contribution in [0.4, 0.5) is 4.79 Å². The van der Waals surface area contributed by atoms with Crippen LogP contribution >= 0.6 is 0 Å². The van der Waals surface area contributed by atoms with Gasteiger partial charge >= 0.3 is 6.03 Å². The van der Waals surface area contributed by atoms with E-state index in [-0.39, 0.29) is 12.6 Å². The van der Waals surface area contributed by atoms with Crippen LogP contribution in [0.3, 0.4) is 0 Å². The zero-order valence-corrected chi connectivity index (χ0v) is 14.7. The quantitative estimate of drug-likeness (QED) is 0.884. The van der Waals surface area contributed by atoms with Crippen molar-refractivity contribution in [1.29, 1.82) is 0 Å². The normalized spacial score (nSPS) is 17.4. The lowest BCUT2D eigenvalue weighted by atomic mass is 10.2. The van der Waals surface area contributed by atoms with Crippen LogP contribution in [0.1, 0.15) is 12.0 Å². The molecule has 0 bridgehead atoms. The average Bonchev–Trinajstić information content (AvgIpc) is 3.14. The van der Waals surface area contributed by atoms with Crippen molar-refractivity contribution in [2.75, 3.05) is 19.6 Å². The maximum absolute atomic E-state index is 12.6. The molecule has 1 saturated heterocycles. The Morgan fingerprint density at radius 3 is 2.60 bits per heavy atom. The van der Waals surface area contributed by atoms with Crippen molar-refractivity contribution < 1.29 is 13.2 Å². The number of pyridine rings is 1. The van der Waals surface area contributed by atoms with E-state index in [0.717, 1.165) is 5.56 Å². The van der Waals surface area contributed by atoms with E-state index in [1.165, 1.54) is 0 Å². The highest BCUT2D eigenvalue weighted by Gasteiger charge is 2.35. The number of likely N-dealkylation sites (tertiary alicyclic amines) is 1. The fraction of sp³-hybridized carbons (Fsp3) is 0.333. The highest BCUT2D eigenvalue weighted by molar-refractivity contribution is 7.92. The first-order valence-electron chi connectivity index (χ1n) is 8.28. The molecule has 2 heterocycles. The molecule has 3 rings (SSSR count). The summed E-state index contributed by atoms with van der Waals surface area (Å²) in [6.45, 7) is 1.20. The van der Waals surface area contributed by atoms with Crippen molar-refractivity contribution in [1.82, 2.24) is 15.2 Å². The molecular formula is C18H21N3O3S. The van der Waals surface area contributed by atoms with E-state index in [1.807, 2.05) is 12.1 Å². The molecule has 2 amide bonds. The third-order valence-electron chi connectivity index (χ3n) is 4.38. The molecule has 1 N–H and O–H groups in total. The molecular weight excluding hydrogens is 338 g/mol. The summed E-state index contributed by atoms with van der Waals surface area (Å²) in [4.78, 5) is 18.1. The van der Waals surface area contributed by atoms with Crippen LogP contribution in [-0.2, 0) is 16.3 Å². The minimum atomic E-state index is -3.40. The van der Waals surface area contributed by atoms with Gasteiger partial charge in [-0.25, -0.2) is 13.2 Å². The molecule has 25 heavy (non-hydrogen) atoms. The Balaban J connectivity index is 1.53. The van der Waals surface area contributed by atoms with E-state index in [0.29, 0.717) is 30.8 Å². The fourth-order valence-corrected chi connectivity index (χ4v) is 4.66. The second-order valence-electron chi connectivity index (χ2n) is 6.05. The number of aromatic nitrogens is 1. The molecule has 2 aromatic rings. The Bertz CT molecular complexity index is 810. The molecule has 1 aliphatic heterocycles. The third-order valence-corrected chi connectivity index (χ3v) is 6.57. The molecule has 0 saturated carbocycles. The number of sulfone groups is 1.